The fraction of sp³-hybridized carbons (Fsp3) is 0.429. The van der Waals surface area contributed by atoms with Crippen LogP contribution in [0.4, 0.5) is 4.39 Å². The number of hydrogen-bond acceptors (Lipinski definition) is 2. The van der Waals surface area contributed by atoms with Crippen molar-refractivity contribution in [3.8, 4) is 0 Å². The van der Waals surface area contributed by atoms with Crippen LogP contribution in [0.15, 0.2) is 28.7 Å². The molecule has 0 bridgehead atoms. The Morgan fingerprint density at radius 1 is 1.42 bits per heavy atom. The van der Waals surface area contributed by atoms with Crippen molar-refractivity contribution in [3.05, 3.63) is 35.8 Å². The number of halogens is 1. The second kappa shape index (κ2) is 5.06. The molecule has 0 spiro atoms. The SMILES string of the molecule is C[C@@H](CC(C)(C)S(N)=O)c1cc2cc(F)ccc2o1. The highest BCUT2D eigenvalue weighted by molar-refractivity contribution is 7.84. The molecule has 0 fully saturated rings. The van der Waals surface area contributed by atoms with Crippen LogP contribution in [-0.2, 0) is 11.0 Å². The molecule has 0 aliphatic rings. The Hall–Kier alpha value is -1.20. The highest BCUT2D eigenvalue weighted by atomic mass is 32.2. The van der Waals surface area contributed by atoms with E-state index < -0.39 is 15.7 Å². The minimum Gasteiger partial charge on any atom is -0.461 e. The van der Waals surface area contributed by atoms with Gasteiger partial charge >= 0.3 is 0 Å². The van der Waals surface area contributed by atoms with Gasteiger partial charge in [0, 0.05) is 11.3 Å². The van der Waals surface area contributed by atoms with E-state index in [4.69, 9.17) is 9.56 Å². The lowest BCUT2D eigenvalue weighted by molar-refractivity contribution is 0.454. The molecular weight excluding hydrogens is 265 g/mol. The first-order valence-corrected chi connectivity index (χ1v) is 7.36. The van der Waals surface area contributed by atoms with Gasteiger partial charge in [-0.05, 0) is 44.5 Å². The van der Waals surface area contributed by atoms with Gasteiger partial charge in [-0.2, -0.15) is 0 Å². The molecule has 3 nitrogen and oxygen atoms in total. The molecule has 0 radical (unpaired) electrons. The van der Waals surface area contributed by atoms with Gasteiger partial charge in [0.15, 0.2) is 0 Å². The number of furan rings is 1. The van der Waals surface area contributed by atoms with Crippen LogP contribution in [0.3, 0.4) is 0 Å². The smallest absolute Gasteiger partial charge is 0.134 e. The molecule has 19 heavy (non-hydrogen) atoms. The van der Waals surface area contributed by atoms with Crippen molar-refractivity contribution in [3.63, 3.8) is 0 Å². The van der Waals surface area contributed by atoms with Gasteiger partial charge in [-0.15, -0.1) is 0 Å². The number of nitrogens with two attached hydrogens (primary N) is 1. The van der Waals surface area contributed by atoms with Crippen molar-refractivity contribution in [1.82, 2.24) is 0 Å². The quantitative estimate of drug-likeness (QED) is 0.934. The number of rotatable bonds is 4. The molecule has 2 atom stereocenters. The van der Waals surface area contributed by atoms with Gasteiger partial charge in [-0.1, -0.05) is 6.92 Å². The van der Waals surface area contributed by atoms with Gasteiger partial charge in [-0.3, -0.25) is 5.14 Å². The molecule has 0 amide bonds. The van der Waals surface area contributed by atoms with E-state index >= 15 is 0 Å². The molecule has 1 aromatic heterocycles. The Labute approximate surface area is 114 Å². The summed E-state index contributed by atoms with van der Waals surface area (Å²) in [4.78, 5) is 0. The molecule has 1 heterocycles. The lowest BCUT2D eigenvalue weighted by atomic mass is 9.96. The number of benzene rings is 1. The molecule has 0 aliphatic carbocycles. The molecule has 1 unspecified atom stereocenters. The number of fused-ring (bicyclic) bond motifs is 1. The van der Waals surface area contributed by atoms with Crippen LogP contribution >= 0.6 is 0 Å². The third kappa shape index (κ3) is 3.04. The van der Waals surface area contributed by atoms with Crippen LogP contribution in [0.2, 0.25) is 0 Å². The summed E-state index contributed by atoms with van der Waals surface area (Å²) in [6.07, 6.45) is 0.637. The Kier molecular flexibility index (Phi) is 3.78. The Morgan fingerprint density at radius 3 is 2.74 bits per heavy atom. The van der Waals surface area contributed by atoms with Gasteiger partial charge in [0.1, 0.15) is 17.2 Å². The zero-order chi connectivity index (χ0) is 14.2. The third-order valence-corrected chi connectivity index (χ3v) is 4.58. The first-order chi connectivity index (χ1) is 8.79. The number of hydrogen-bond donors (Lipinski definition) is 1. The summed E-state index contributed by atoms with van der Waals surface area (Å²) in [6.45, 7) is 5.71. The molecule has 0 saturated carbocycles. The second-order valence-electron chi connectivity index (χ2n) is 5.49. The van der Waals surface area contributed by atoms with Gasteiger partial charge in [0.05, 0.1) is 15.7 Å². The highest BCUT2D eigenvalue weighted by Crippen LogP contribution is 2.32. The van der Waals surface area contributed by atoms with Crippen LogP contribution in [0.5, 0.6) is 0 Å². The lowest BCUT2D eigenvalue weighted by Gasteiger charge is -2.23. The summed E-state index contributed by atoms with van der Waals surface area (Å²) >= 11 is 0. The lowest BCUT2D eigenvalue weighted by Crippen LogP contribution is -2.33. The zero-order valence-electron chi connectivity index (χ0n) is 11.3. The van der Waals surface area contributed by atoms with Crippen molar-refractivity contribution < 1.29 is 13.0 Å². The summed E-state index contributed by atoms with van der Waals surface area (Å²) in [5.41, 5.74) is 0.662. The van der Waals surface area contributed by atoms with Crippen LogP contribution in [0.25, 0.3) is 11.0 Å². The molecule has 5 heteroatoms. The van der Waals surface area contributed by atoms with Crippen molar-refractivity contribution in [2.75, 3.05) is 0 Å². The first kappa shape index (κ1) is 14.2. The van der Waals surface area contributed by atoms with E-state index in [9.17, 15) is 8.60 Å². The Bertz CT molecular complexity index is 621. The molecule has 2 N–H and O–H groups in total. The van der Waals surface area contributed by atoms with Crippen LogP contribution in [0.1, 0.15) is 38.9 Å². The van der Waals surface area contributed by atoms with E-state index in [1.165, 1.54) is 12.1 Å². The molecule has 0 aliphatic heterocycles. The van der Waals surface area contributed by atoms with E-state index in [0.717, 1.165) is 11.1 Å². The normalized spacial score (nSPS) is 15.6. The van der Waals surface area contributed by atoms with Crippen LogP contribution in [-0.4, -0.2) is 8.96 Å². The van der Waals surface area contributed by atoms with Gasteiger partial charge < -0.3 is 4.42 Å². The average molecular weight is 283 g/mol. The van der Waals surface area contributed by atoms with E-state index in [1.807, 2.05) is 26.8 Å². The fourth-order valence-electron chi connectivity index (χ4n) is 2.20. The summed E-state index contributed by atoms with van der Waals surface area (Å²) < 4.78 is 29.8. The van der Waals surface area contributed by atoms with Crippen LogP contribution in [0, 0.1) is 5.82 Å². The third-order valence-electron chi connectivity index (χ3n) is 3.33. The van der Waals surface area contributed by atoms with Gasteiger partial charge in [-0.25, -0.2) is 8.60 Å². The molecule has 104 valence electrons. The molecule has 1 aromatic carbocycles. The predicted octanol–water partition coefficient (Wildman–Crippen LogP) is 3.47. The van der Waals surface area contributed by atoms with Crippen LogP contribution < -0.4 is 5.14 Å². The fourth-order valence-corrected chi connectivity index (χ4v) is 2.61. The standard InChI is InChI=1S/C14H18FNO2S/c1-9(8-14(2,3)19(16)17)13-7-10-6-11(15)4-5-12(10)18-13/h4-7,9H,8,16H2,1-3H3/t9-,19?/m0/s1. The zero-order valence-corrected chi connectivity index (χ0v) is 12.1. The summed E-state index contributed by atoms with van der Waals surface area (Å²) in [7, 11) is -1.39. The van der Waals surface area contributed by atoms with Crippen molar-refractivity contribution in [2.45, 2.75) is 37.9 Å². The minimum atomic E-state index is -1.39. The maximum absolute atomic E-state index is 13.1. The van der Waals surface area contributed by atoms with E-state index in [-0.39, 0.29) is 11.7 Å². The van der Waals surface area contributed by atoms with Crippen molar-refractivity contribution in [1.29, 1.82) is 0 Å². The monoisotopic (exact) mass is 283 g/mol. The molecular formula is C14H18FNO2S. The average Bonchev–Trinajstić information content (AvgIpc) is 2.71. The van der Waals surface area contributed by atoms with Gasteiger partial charge in [0.25, 0.3) is 0 Å². The summed E-state index contributed by atoms with van der Waals surface area (Å²) in [5.74, 6) is 0.549. The molecule has 2 aromatic rings. The Balaban J connectivity index is 2.26. The molecule has 0 saturated heterocycles. The molecule has 2 rings (SSSR count). The van der Waals surface area contributed by atoms with Crippen molar-refractivity contribution in [2.24, 2.45) is 5.14 Å². The second-order valence-corrected chi connectivity index (χ2v) is 7.19. The maximum atomic E-state index is 13.1. The largest absolute Gasteiger partial charge is 0.461 e. The van der Waals surface area contributed by atoms with E-state index in [0.29, 0.717) is 12.0 Å². The van der Waals surface area contributed by atoms with Gasteiger partial charge in [0.2, 0.25) is 0 Å². The first-order valence-electron chi connectivity index (χ1n) is 6.15. The van der Waals surface area contributed by atoms with E-state index in [1.54, 1.807) is 6.07 Å². The highest BCUT2D eigenvalue weighted by Gasteiger charge is 2.28. The minimum absolute atomic E-state index is 0.0676. The predicted molar refractivity (Wildman–Crippen MR) is 75.6 cm³/mol. The Morgan fingerprint density at radius 2 is 2.11 bits per heavy atom. The van der Waals surface area contributed by atoms with E-state index in [2.05, 4.69) is 0 Å². The summed E-state index contributed by atoms with van der Waals surface area (Å²) in [5, 5.41) is 6.23. The summed E-state index contributed by atoms with van der Waals surface area (Å²) in [6, 6.07) is 6.27. The topological polar surface area (TPSA) is 56.2 Å². The maximum Gasteiger partial charge on any atom is 0.134 e. The van der Waals surface area contributed by atoms with Crippen molar-refractivity contribution >= 4 is 22.0 Å².